The predicted octanol–water partition coefficient (Wildman–Crippen LogP) is 17.2. The molecule has 3 nitrogen and oxygen atoms in total. The van der Waals surface area contributed by atoms with Crippen LogP contribution in [0.3, 0.4) is 0 Å². The van der Waals surface area contributed by atoms with Crippen LogP contribution in [0.4, 0.5) is 0 Å². The smallest absolute Gasteiger partial charge is 0.159 e. The van der Waals surface area contributed by atoms with E-state index in [1.807, 2.05) is 6.07 Å². The molecule has 1 N–H and O–H groups in total. The van der Waals surface area contributed by atoms with Crippen LogP contribution in [-0.4, -0.2) is 11.7 Å². The number of benzene rings is 10. The molecule has 0 fully saturated rings. The second-order valence-electron chi connectivity index (χ2n) is 18.6. The van der Waals surface area contributed by atoms with Gasteiger partial charge in [0, 0.05) is 17.0 Å². The molecule has 2 aliphatic rings. The fourth-order valence-electron chi connectivity index (χ4n) is 10.1. The van der Waals surface area contributed by atoms with Crippen LogP contribution in [0.25, 0.3) is 66.8 Å². The molecule has 10 aromatic rings. The minimum Gasteiger partial charge on any atom is -0.344 e. The lowest BCUT2D eigenvalue weighted by molar-refractivity contribution is 0.672. The third-order valence-corrected chi connectivity index (χ3v) is 13.8. The molecule has 12 rings (SSSR count). The molecule has 3 heteroatoms. The molecule has 0 amide bonds. The van der Waals surface area contributed by atoms with Crippen LogP contribution in [0.2, 0.25) is 0 Å². The molecule has 2 unspecified atom stereocenters. The average molecular weight is 922 g/mol. The first-order valence-corrected chi connectivity index (χ1v) is 24.8. The maximum Gasteiger partial charge on any atom is 0.159 e. The van der Waals surface area contributed by atoms with E-state index < -0.39 is 6.17 Å². The van der Waals surface area contributed by atoms with E-state index in [-0.39, 0.29) is 5.92 Å². The summed E-state index contributed by atoms with van der Waals surface area (Å²) in [6.45, 7) is 0. The van der Waals surface area contributed by atoms with Crippen LogP contribution >= 0.6 is 0 Å². The third-order valence-electron chi connectivity index (χ3n) is 13.8. The molecule has 1 heterocycles. The molecule has 342 valence electrons. The molecular weight excluding hydrogens is 871 g/mol. The lowest BCUT2D eigenvalue weighted by Crippen LogP contribution is -2.33. The molecule has 0 bridgehead atoms. The SMILES string of the molecule is C1=C(c2ccccc2)C=C(c2ccccc2)CC1c1cc(-c2ccccc2)cc(C2N=C(c3ccccc3)N=C(c3cc(-c4ccccc4)cc(-c4cc(-c5ccccc5)cc(-c5ccccc5)c4)c3)N2)c1. The van der Waals surface area contributed by atoms with Gasteiger partial charge in [-0.15, -0.1) is 0 Å². The summed E-state index contributed by atoms with van der Waals surface area (Å²) in [5, 5.41) is 3.93. The van der Waals surface area contributed by atoms with Gasteiger partial charge in [-0.05, 0) is 138 Å². The van der Waals surface area contributed by atoms with E-state index in [4.69, 9.17) is 9.98 Å². The molecule has 0 spiro atoms. The van der Waals surface area contributed by atoms with Crippen LogP contribution in [0.15, 0.2) is 289 Å². The van der Waals surface area contributed by atoms with Gasteiger partial charge in [0.1, 0.15) is 12.0 Å². The van der Waals surface area contributed by atoms with Crippen LogP contribution < -0.4 is 5.32 Å². The standard InChI is InChI=1S/C69H51N3/c1-8-22-48(23-9-1)55-36-56(49-24-10-2-11-25-49)39-61(38-55)63-42-59(52-30-16-5-17-31-52)44-65(46-63)68-70-67(54-34-20-7-21-35-54)71-69(72-68)66-45-60(53-32-18-6-19-33-53)43-64(47-66)62-40-57(50-26-12-3-13-27-50)37-58(41-62)51-28-14-4-15-29-51/h1-40,42-47,62,69H,41H2,(H,70,71,72). The van der Waals surface area contributed by atoms with Gasteiger partial charge in [0.25, 0.3) is 0 Å². The Morgan fingerprint density at radius 1 is 0.319 bits per heavy atom. The van der Waals surface area contributed by atoms with Crippen molar-refractivity contribution in [3.05, 3.63) is 312 Å². The number of aliphatic imine (C=N–C) groups is 2. The first kappa shape index (κ1) is 44.1. The van der Waals surface area contributed by atoms with E-state index in [9.17, 15) is 0 Å². The Balaban J connectivity index is 1.01. The highest BCUT2D eigenvalue weighted by atomic mass is 15.2. The monoisotopic (exact) mass is 921 g/mol. The summed E-state index contributed by atoms with van der Waals surface area (Å²) < 4.78 is 0. The summed E-state index contributed by atoms with van der Waals surface area (Å²) in [4.78, 5) is 10.9. The van der Waals surface area contributed by atoms with Crippen LogP contribution in [0, 0.1) is 0 Å². The molecule has 0 saturated heterocycles. The second-order valence-corrected chi connectivity index (χ2v) is 18.6. The van der Waals surface area contributed by atoms with Gasteiger partial charge in [-0.3, -0.25) is 0 Å². The van der Waals surface area contributed by atoms with Crippen molar-refractivity contribution in [1.29, 1.82) is 0 Å². The van der Waals surface area contributed by atoms with Gasteiger partial charge in [-0.1, -0.05) is 237 Å². The first-order chi connectivity index (χ1) is 35.6. The first-order valence-electron chi connectivity index (χ1n) is 24.8. The Morgan fingerprint density at radius 3 is 1.14 bits per heavy atom. The van der Waals surface area contributed by atoms with E-state index in [2.05, 4.69) is 278 Å². The van der Waals surface area contributed by atoms with Gasteiger partial charge in [0.2, 0.25) is 0 Å². The van der Waals surface area contributed by atoms with E-state index in [0.29, 0.717) is 5.84 Å². The number of nitrogens with zero attached hydrogens (tertiary/aromatic N) is 2. The van der Waals surface area contributed by atoms with Gasteiger partial charge < -0.3 is 5.32 Å². The van der Waals surface area contributed by atoms with Crippen molar-refractivity contribution in [2.24, 2.45) is 9.98 Å². The number of nitrogens with one attached hydrogen (secondary N) is 1. The van der Waals surface area contributed by atoms with Crippen molar-refractivity contribution in [2.45, 2.75) is 18.5 Å². The molecule has 0 aromatic heterocycles. The lowest BCUT2D eigenvalue weighted by atomic mass is 9.80. The maximum absolute atomic E-state index is 5.49. The van der Waals surface area contributed by atoms with Gasteiger partial charge in [0.15, 0.2) is 5.84 Å². The van der Waals surface area contributed by atoms with E-state index in [1.165, 1.54) is 39.0 Å². The summed E-state index contributed by atoms with van der Waals surface area (Å²) in [5.41, 5.74) is 20.7. The minimum atomic E-state index is -0.449. The van der Waals surface area contributed by atoms with Crippen LogP contribution in [0.1, 0.15) is 51.9 Å². The maximum atomic E-state index is 5.49. The van der Waals surface area contributed by atoms with Gasteiger partial charge in [0.05, 0.1) is 0 Å². The Labute approximate surface area is 422 Å². The second kappa shape index (κ2) is 20.0. The van der Waals surface area contributed by atoms with Crippen molar-refractivity contribution < 1.29 is 0 Å². The Bertz CT molecular complexity index is 3580. The fourth-order valence-corrected chi connectivity index (χ4v) is 10.1. The van der Waals surface area contributed by atoms with Gasteiger partial charge >= 0.3 is 0 Å². The van der Waals surface area contributed by atoms with Gasteiger partial charge in [-0.25, -0.2) is 9.98 Å². The Morgan fingerprint density at radius 2 is 0.681 bits per heavy atom. The van der Waals surface area contributed by atoms with E-state index in [0.717, 1.165) is 73.5 Å². The normalized spacial score (nSPS) is 15.3. The van der Waals surface area contributed by atoms with Crippen molar-refractivity contribution in [3.8, 4) is 55.6 Å². The molecule has 72 heavy (non-hydrogen) atoms. The molecule has 1 aliphatic carbocycles. The highest BCUT2D eigenvalue weighted by Gasteiger charge is 2.26. The molecule has 0 radical (unpaired) electrons. The fraction of sp³-hybridized carbons (Fsp3) is 0.0435. The quantitative estimate of drug-likeness (QED) is 0.138. The number of amidine groups is 2. The van der Waals surface area contributed by atoms with Crippen LogP contribution in [0.5, 0.6) is 0 Å². The average Bonchev–Trinajstić information content (AvgIpc) is 3.48. The number of rotatable bonds is 11. The van der Waals surface area contributed by atoms with Crippen molar-refractivity contribution >= 4 is 22.8 Å². The summed E-state index contributed by atoms with van der Waals surface area (Å²) in [5.74, 6) is 1.55. The highest BCUT2D eigenvalue weighted by molar-refractivity contribution is 6.13. The van der Waals surface area contributed by atoms with Crippen LogP contribution in [-0.2, 0) is 0 Å². The predicted molar refractivity (Wildman–Crippen MR) is 302 cm³/mol. The molecule has 2 atom stereocenters. The number of hydrogen-bond donors (Lipinski definition) is 1. The molecule has 0 saturated carbocycles. The number of allylic oxidation sites excluding steroid dienone is 4. The van der Waals surface area contributed by atoms with Crippen molar-refractivity contribution in [1.82, 2.24) is 5.32 Å². The number of hydrogen-bond acceptors (Lipinski definition) is 3. The zero-order valence-electron chi connectivity index (χ0n) is 39.8. The minimum absolute atomic E-state index is 0.106. The molecule has 1 aliphatic heterocycles. The summed E-state index contributed by atoms with van der Waals surface area (Å²) in [6, 6.07) is 95.7. The highest BCUT2D eigenvalue weighted by Crippen LogP contribution is 2.42. The van der Waals surface area contributed by atoms with Crippen molar-refractivity contribution in [3.63, 3.8) is 0 Å². The Kier molecular flexibility index (Phi) is 12.3. The summed E-state index contributed by atoms with van der Waals surface area (Å²) in [7, 11) is 0. The van der Waals surface area contributed by atoms with E-state index >= 15 is 0 Å². The lowest BCUT2D eigenvalue weighted by Gasteiger charge is -2.27. The van der Waals surface area contributed by atoms with Gasteiger partial charge in [-0.2, -0.15) is 0 Å². The zero-order valence-corrected chi connectivity index (χ0v) is 39.8. The molecule has 10 aromatic carbocycles. The van der Waals surface area contributed by atoms with Crippen molar-refractivity contribution in [2.75, 3.05) is 0 Å². The molecular formula is C69H51N3. The Hall–Kier alpha value is -9.18. The third kappa shape index (κ3) is 9.57. The topological polar surface area (TPSA) is 36.8 Å². The zero-order chi connectivity index (χ0) is 48.1. The summed E-state index contributed by atoms with van der Waals surface area (Å²) >= 11 is 0. The largest absolute Gasteiger partial charge is 0.344 e. The summed E-state index contributed by atoms with van der Waals surface area (Å²) in [6.07, 6.45) is 5.26. The van der Waals surface area contributed by atoms with E-state index in [1.54, 1.807) is 0 Å².